The molecular weight excluding hydrogens is 279 g/mol. The third-order valence-electron chi connectivity index (χ3n) is 5.37. The number of nitrogens with zero attached hydrogens (tertiary/aromatic N) is 2. The molecule has 3 rings (SSSR count). The van der Waals surface area contributed by atoms with Gasteiger partial charge in [-0.3, -0.25) is 4.79 Å². The van der Waals surface area contributed by atoms with Crippen molar-refractivity contribution in [3.05, 3.63) is 30.1 Å². The monoisotopic (exact) mass is 304 g/mol. The molecule has 0 aliphatic carbocycles. The summed E-state index contributed by atoms with van der Waals surface area (Å²) in [5.41, 5.74) is 0.777. The molecule has 2 unspecified atom stereocenters. The van der Waals surface area contributed by atoms with Crippen molar-refractivity contribution in [1.82, 2.24) is 4.90 Å². The molecule has 2 aliphatic heterocycles. The summed E-state index contributed by atoms with van der Waals surface area (Å²) in [4.78, 5) is 17.3. The van der Waals surface area contributed by atoms with Crippen LogP contribution in [0.4, 0.5) is 10.1 Å². The van der Waals surface area contributed by atoms with Crippen molar-refractivity contribution in [2.24, 2.45) is 5.41 Å². The minimum Gasteiger partial charge on any atom is -0.367 e. The fourth-order valence-electron chi connectivity index (χ4n) is 3.60. The summed E-state index contributed by atoms with van der Waals surface area (Å²) in [5.74, 6) is 0.0893. The van der Waals surface area contributed by atoms with E-state index < -0.39 is 0 Å². The van der Waals surface area contributed by atoms with Crippen molar-refractivity contribution in [3.8, 4) is 0 Å². The van der Waals surface area contributed by atoms with Crippen molar-refractivity contribution >= 4 is 11.6 Å². The van der Waals surface area contributed by atoms with Crippen LogP contribution < -0.4 is 4.90 Å². The quantitative estimate of drug-likeness (QED) is 0.854. The van der Waals surface area contributed by atoms with Crippen molar-refractivity contribution in [2.75, 3.05) is 18.0 Å². The Hall–Kier alpha value is -1.58. The zero-order valence-corrected chi connectivity index (χ0v) is 13.7. The van der Waals surface area contributed by atoms with Gasteiger partial charge in [0.25, 0.3) is 0 Å². The maximum Gasteiger partial charge on any atom is 0.228 e. The second-order valence-corrected chi connectivity index (χ2v) is 7.22. The molecule has 2 bridgehead atoms. The number of amides is 1. The molecule has 2 aliphatic rings. The van der Waals surface area contributed by atoms with Crippen LogP contribution >= 0.6 is 0 Å². The van der Waals surface area contributed by atoms with Gasteiger partial charge in [-0.05, 0) is 43.5 Å². The minimum absolute atomic E-state index is 0.203. The molecule has 1 amide bonds. The largest absolute Gasteiger partial charge is 0.367 e. The lowest BCUT2D eigenvalue weighted by atomic mass is 9.87. The molecule has 2 saturated heterocycles. The zero-order chi connectivity index (χ0) is 15.9. The van der Waals surface area contributed by atoms with E-state index in [1.165, 1.54) is 12.1 Å². The molecule has 0 N–H and O–H groups in total. The summed E-state index contributed by atoms with van der Waals surface area (Å²) in [6, 6.07) is 7.28. The molecule has 0 spiro atoms. The summed E-state index contributed by atoms with van der Waals surface area (Å²) in [7, 11) is 0. The lowest BCUT2D eigenvalue weighted by molar-refractivity contribution is -0.144. The Morgan fingerprint density at radius 3 is 2.23 bits per heavy atom. The molecule has 3 nitrogen and oxygen atoms in total. The molecular formula is C18H25FN2O. The van der Waals surface area contributed by atoms with Crippen LogP contribution in [-0.4, -0.2) is 36.0 Å². The first-order valence-electron chi connectivity index (χ1n) is 8.25. The third kappa shape index (κ3) is 2.59. The predicted octanol–water partition coefficient (Wildman–Crippen LogP) is 3.44. The number of benzene rings is 1. The molecule has 1 aromatic carbocycles. The number of anilines is 1. The van der Waals surface area contributed by atoms with Crippen LogP contribution in [0.2, 0.25) is 0 Å². The van der Waals surface area contributed by atoms with E-state index in [1.54, 1.807) is 0 Å². The maximum absolute atomic E-state index is 13.1. The lowest BCUT2D eigenvalue weighted by Gasteiger charge is -2.44. The molecule has 0 aromatic heterocycles. The van der Waals surface area contributed by atoms with Crippen molar-refractivity contribution in [2.45, 2.75) is 52.1 Å². The molecule has 2 fully saturated rings. The van der Waals surface area contributed by atoms with E-state index in [0.29, 0.717) is 18.0 Å². The fourth-order valence-corrected chi connectivity index (χ4v) is 3.60. The third-order valence-corrected chi connectivity index (χ3v) is 5.37. The fraction of sp³-hybridized carbons (Fsp3) is 0.611. The highest BCUT2D eigenvalue weighted by Gasteiger charge is 2.45. The normalized spacial score (nSPS) is 24.7. The van der Waals surface area contributed by atoms with Crippen molar-refractivity contribution in [3.63, 3.8) is 0 Å². The Labute approximate surface area is 132 Å². The van der Waals surface area contributed by atoms with Gasteiger partial charge in [0.05, 0.1) is 0 Å². The minimum atomic E-state index is -0.279. The average Bonchev–Trinajstić information content (AvgIpc) is 2.76. The highest BCUT2D eigenvalue weighted by atomic mass is 19.1. The summed E-state index contributed by atoms with van der Waals surface area (Å²) >= 11 is 0. The van der Waals surface area contributed by atoms with Gasteiger partial charge in [-0.1, -0.05) is 20.8 Å². The van der Waals surface area contributed by atoms with E-state index in [1.807, 2.05) is 26.0 Å². The average molecular weight is 304 g/mol. The number of piperazine rings is 1. The van der Waals surface area contributed by atoms with Crippen LogP contribution in [0, 0.1) is 11.2 Å². The van der Waals surface area contributed by atoms with Crippen LogP contribution in [-0.2, 0) is 4.79 Å². The van der Waals surface area contributed by atoms with Crippen molar-refractivity contribution < 1.29 is 9.18 Å². The van der Waals surface area contributed by atoms with E-state index in [2.05, 4.69) is 16.7 Å². The van der Waals surface area contributed by atoms with E-state index in [-0.39, 0.29) is 11.2 Å². The van der Waals surface area contributed by atoms with Crippen molar-refractivity contribution in [1.29, 1.82) is 0 Å². The Balaban J connectivity index is 1.77. The molecule has 0 saturated carbocycles. The Morgan fingerprint density at radius 1 is 1.18 bits per heavy atom. The van der Waals surface area contributed by atoms with E-state index in [9.17, 15) is 9.18 Å². The van der Waals surface area contributed by atoms with Gasteiger partial charge in [-0.2, -0.15) is 0 Å². The van der Waals surface area contributed by atoms with E-state index in [4.69, 9.17) is 0 Å². The number of rotatable bonds is 3. The van der Waals surface area contributed by atoms with Gasteiger partial charge in [0.2, 0.25) is 5.91 Å². The van der Waals surface area contributed by atoms with Gasteiger partial charge < -0.3 is 9.80 Å². The second-order valence-electron chi connectivity index (χ2n) is 7.22. The first kappa shape index (κ1) is 15.3. The number of hydrogen-bond acceptors (Lipinski definition) is 2. The number of hydrogen-bond donors (Lipinski definition) is 0. The molecule has 2 heterocycles. The highest BCUT2D eigenvalue weighted by molar-refractivity contribution is 5.83. The zero-order valence-electron chi connectivity index (χ0n) is 13.7. The molecule has 0 radical (unpaired) electrons. The van der Waals surface area contributed by atoms with Crippen LogP contribution in [0.15, 0.2) is 24.3 Å². The number of carbonyl (C=O) groups is 1. The second kappa shape index (κ2) is 5.56. The Kier molecular flexibility index (Phi) is 3.87. The number of halogens is 1. The van der Waals surface area contributed by atoms with Gasteiger partial charge in [-0.25, -0.2) is 4.39 Å². The topological polar surface area (TPSA) is 23.6 Å². The van der Waals surface area contributed by atoms with Gasteiger partial charge >= 0.3 is 0 Å². The summed E-state index contributed by atoms with van der Waals surface area (Å²) in [5, 5.41) is 0. The van der Waals surface area contributed by atoms with Gasteiger partial charge in [0.1, 0.15) is 5.82 Å². The van der Waals surface area contributed by atoms with Crippen LogP contribution in [0.3, 0.4) is 0 Å². The van der Waals surface area contributed by atoms with E-state index >= 15 is 0 Å². The first-order chi connectivity index (χ1) is 10.4. The van der Waals surface area contributed by atoms with E-state index in [0.717, 1.165) is 38.0 Å². The van der Waals surface area contributed by atoms with Crippen LogP contribution in [0.25, 0.3) is 0 Å². The standard InChI is InChI=1S/C18H25FN2O/c1-4-18(2,3)17(22)21-15-9-10-16(21)12-20(11-15)14-7-5-13(19)6-8-14/h5-8,15-16H,4,9-12H2,1-3H3. The van der Waals surface area contributed by atoms with Crippen LogP contribution in [0.1, 0.15) is 40.0 Å². The Morgan fingerprint density at radius 2 is 1.73 bits per heavy atom. The molecule has 1 aromatic rings. The number of carbonyl (C=O) groups excluding carboxylic acids is 1. The SMILES string of the molecule is CCC(C)(C)C(=O)N1C2CCC1CN(c1ccc(F)cc1)C2. The number of fused-ring (bicyclic) bond motifs is 2. The first-order valence-corrected chi connectivity index (χ1v) is 8.25. The molecule has 4 heteroatoms. The molecule has 22 heavy (non-hydrogen) atoms. The Bertz CT molecular complexity index is 541. The van der Waals surface area contributed by atoms with Gasteiger partial charge in [0, 0.05) is 36.3 Å². The smallest absolute Gasteiger partial charge is 0.228 e. The maximum atomic E-state index is 13.1. The van der Waals surface area contributed by atoms with Crippen LogP contribution in [0.5, 0.6) is 0 Å². The predicted molar refractivity (Wildman–Crippen MR) is 86.3 cm³/mol. The van der Waals surface area contributed by atoms with Gasteiger partial charge in [0.15, 0.2) is 0 Å². The summed E-state index contributed by atoms with van der Waals surface area (Å²) in [6.07, 6.45) is 3.02. The molecule has 2 atom stereocenters. The van der Waals surface area contributed by atoms with Gasteiger partial charge in [-0.15, -0.1) is 0 Å². The lowest BCUT2D eigenvalue weighted by Crippen LogP contribution is -2.58. The summed E-state index contributed by atoms with van der Waals surface area (Å²) < 4.78 is 13.1. The summed E-state index contributed by atoms with van der Waals surface area (Å²) in [6.45, 7) is 7.87. The highest BCUT2D eigenvalue weighted by Crippen LogP contribution is 2.36. The molecule has 120 valence electrons.